The summed E-state index contributed by atoms with van der Waals surface area (Å²) in [6.07, 6.45) is 14.0. The molecule has 5 saturated heterocycles. The van der Waals surface area contributed by atoms with Crippen molar-refractivity contribution in [3.63, 3.8) is 0 Å². The Labute approximate surface area is 236 Å². The standard InChI is InChI=1S/C30H56N6OS/c1-29(2,3)15-13-22-14-17-35(28(22)37)25-12-11-23-19-32-38-26-10-6-9-24(33-26)31-16-7-8-21-18-30(4,5)36(20-21)27(23)34-25/h21-27,31-34H,6-20H2,1-5H3/t21-,22?,23?,24?,25?,26?,27?/m0/s1. The predicted molar refractivity (Wildman–Crippen MR) is 158 cm³/mol. The van der Waals surface area contributed by atoms with Gasteiger partial charge in [-0.3, -0.25) is 25.1 Å². The van der Waals surface area contributed by atoms with E-state index in [1.54, 1.807) is 0 Å². The molecule has 1 amide bonds. The van der Waals surface area contributed by atoms with Crippen LogP contribution in [0.2, 0.25) is 0 Å². The van der Waals surface area contributed by atoms with Crippen LogP contribution in [-0.2, 0) is 4.79 Å². The lowest BCUT2D eigenvalue weighted by Gasteiger charge is -2.49. The van der Waals surface area contributed by atoms with Crippen LogP contribution in [0.5, 0.6) is 0 Å². The number of hydrogen-bond donors (Lipinski definition) is 4. The molecule has 38 heavy (non-hydrogen) atoms. The Kier molecular flexibility index (Phi) is 9.38. The molecule has 0 spiro atoms. The van der Waals surface area contributed by atoms with Gasteiger partial charge < -0.3 is 10.2 Å². The Morgan fingerprint density at radius 2 is 1.87 bits per heavy atom. The van der Waals surface area contributed by atoms with E-state index in [2.05, 4.69) is 65.1 Å². The summed E-state index contributed by atoms with van der Waals surface area (Å²) >= 11 is 1.91. The Balaban J connectivity index is 1.28. The second kappa shape index (κ2) is 12.2. The minimum Gasteiger partial charge on any atom is -0.327 e. The predicted octanol–water partition coefficient (Wildman–Crippen LogP) is 4.46. The first-order chi connectivity index (χ1) is 18.1. The molecular formula is C30H56N6OS. The molecule has 4 bridgehead atoms. The van der Waals surface area contributed by atoms with E-state index in [0.29, 0.717) is 34.9 Å². The number of rotatable bonds is 3. The number of likely N-dealkylation sites (tertiary alicyclic amines) is 1. The Bertz CT molecular complexity index is 802. The van der Waals surface area contributed by atoms with E-state index < -0.39 is 0 Å². The van der Waals surface area contributed by atoms with E-state index in [1.165, 1.54) is 51.5 Å². The molecule has 8 heteroatoms. The zero-order valence-electron chi connectivity index (χ0n) is 24.9. The highest BCUT2D eigenvalue weighted by Gasteiger charge is 2.47. The lowest BCUT2D eigenvalue weighted by molar-refractivity contribution is -0.135. The van der Waals surface area contributed by atoms with Crippen molar-refractivity contribution >= 4 is 17.9 Å². The molecular weight excluding hydrogens is 492 g/mol. The molecule has 0 radical (unpaired) electrons. The van der Waals surface area contributed by atoms with Gasteiger partial charge in [0, 0.05) is 37.0 Å². The van der Waals surface area contributed by atoms with Gasteiger partial charge in [0.05, 0.1) is 23.9 Å². The van der Waals surface area contributed by atoms with Crippen molar-refractivity contribution in [1.82, 2.24) is 30.5 Å². The molecule has 0 aliphatic carbocycles. The zero-order chi connectivity index (χ0) is 26.9. The third kappa shape index (κ3) is 7.09. The number of nitrogens with one attached hydrogen (secondary N) is 4. The van der Waals surface area contributed by atoms with Crippen LogP contribution >= 0.6 is 11.9 Å². The molecule has 5 aliphatic rings. The number of fused-ring (bicyclic) bond motifs is 6. The summed E-state index contributed by atoms with van der Waals surface area (Å²) in [6, 6.07) is 0. The van der Waals surface area contributed by atoms with Crippen LogP contribution in [-0.4, -0.2) is 71.3 Å². The number of carbonyl (C=O) groups excluding carboxylic acids is 1. The Morgan fingerprint density at radius 1 is 1.03 bits per heavy atom. The average Bonchev–Trinajstić information content (AvgIpc) is 3.38. The molecule has 0 saturated carbocycles. The van der Waals surface area contributed by atoms with E-state index in [-0.39, 0.29) is 17.6 Å². The van der Waals surface area contributed by atoms with Gasteiger partial charge in [0.1, 0.15) is 0 Å². The number of nitrogens with zero attached hydrogens (tertiary/aromatic N) is 2. The summed E-state index contributed by atoms with van der Waals surface area (Å²) in [4.78, 5) is 18.5. The fraction of sp³-hybridized carbons (Fsp3) is 0.967. The molecule has 8 atom stereocenters. The van der Waals surface area contributed by atoms with Gasteiger partial charge >= 0.3 is 0 Å². The van der Waals surface area contributed by atoms with Gasteiger partial charge in [-0.1, -0.05) is 32.7 Å². The van der Waals surface area contributed by atoms with Crippen LogP contribution in [0.4, 0.5) is 0 Å². The van der Waals surface area contributed by atoms with Crippen molar-refractivity contribution in [2.75, 3.05) is 26.2 Å². The second-order valence-electron chi connectivity index (χ2n) is 14.8. The van der Waals surface area contributed by atoms with Crippen LogP contribution in [0.15, 0.2) is 0 Å². The number of amides is 1. The lowest BCUT2D eigenvalue weighted by atomic mass is 9.86. The molecule has 0 aromatic rings. The Hall–Kier alpha value is -0.380. The highest BCUT2D eigenvalue weighted by atomic mass is 32.2. The van der Waals surface area contributed by atoms with E-state index in [0.717, 1.165) is 51.2 Å². The smallest absolute Gasteiger partial charge is 0.226 e. The van der Waals surface area contributed by atoms with Crippen molar-refractivity contribution in [2.24, 2.45) is 23.2 Å². The average molecular weight is 549 g/mol. The highest BCUT2D eigenvalue weighted by Crippen LogP contribution is 2.40. The van der Waals surface area contributed by atoms with Crippen molar-refractivity contribution in [2.45, 2.75) is 135 Å². The Morgan fingerprint density at radius 3 is 2.68 bits per heavy atom. The highest BCUT2D eigenvalue weighted by molar-refractivity contribution is 7.98. The largest absolute Gasteiger partial charge is 0.327 e. The van der Waals surface area contributed by atoms with Gasteiger partial charge in [-0.05, 0) is 102 Å². The fourth-order valence-corrected chi connectivity index (χ4v) is 8.90. The van der Waals surface area contributed by atoms with Gasteiger partial charge in [-0.15, -0.1) is 0 Å². The summed E-state index contributed by atoms with van der Waals surface area (Å²) < 4.78 is 3.81. The molecule has 218 valence electrons. The van der Waals surface area contributed by atoms with Crippen LogP contribution < -0.4 is 20.7 Å². The molecule has 5 fully saturated rings. The monoisotopic (exact) mass is 548 g/mol. The maximum Gasteiger partial charge on any atom is 0.226 e. The van der Waals surface area contributed by atoms with E-state index in [1.807, 2.05) is 11.9 Å². The third-order valence-electron chi connectivity index (χ3n) is 10.0. The SMILES string of the molecule is CC(C)(C)CCC1CCN(C2CCC3CNSC4CCCC(NCCC[C@@H]5CN(C3N2)C(C)(C)C5)N4)C1=O. The zero-order valence-corrected chi connectivity index (χ0v) is 25.7. The quantitative estimate of drug-likeness (QED) is 0.388. The summed E-state index contributed by atoms with van der Waals surface area (Å²) in [5.41, 5.74) is 0.476. The van der Waals surface area contributed by atoms with E-state index in [9.17, 15) is 4.79 Å². The molecule has 5 aliphatic heterocycles. The molecule has 0 aromatic heterocycles. The second-order valence-corrected chi connectivity index (χ2v) is 15.9. The van der Waals surface area contributed by atoms with Crippen LogP contribution in [0, 0.1) is 23.2 Å². The van der Waals surface area contributed by atoms with E-state index in [4.69, 9.17) is 0 Å². The van der Waals surface area contributed by atoms with Gasteiger partial charge in [0.15, 0.2) is 0 Å². The molecule has 5 heterocycles. The topological polar surface area (TPSA) is 71.7 Å². The molecule has 7 nitrogen and oxygen atoms in total. The van der Waals surface area contributed by atoms with Crippen LogP contribution in [0.3, 0.4) is 0 Å². The number of piperidine rings is 2. The van der Waals surface area contributed by atoms with Crippen molar-refractivity contribution in [3.8, 4) is 0 Å². The van der Waals surface area contributed by atoms with Crippen molar-refractivity contribution < 1.29 is 4.79 Å². The third-order valence-corrected chi connectivity index (χ3v) is 11.0. The minimum absolute atomic E-state index is 0.179. The summed E-state index contributed by atoms with van der Waals surface area (Å²) in [5.74, 6) is 1.92. The van der Waals surface area contributed by atoms with Crippen molar-refractivity contribution in [1.29, 1.82) is 0 Å². The maximum atomic E-state index is 13.5. The van der Waals surface area contributed by atoms with Gasteiger partial charge in [0.2, 0.25) is 5.91 Å². The first kappa shape index (κ1) is 29.1. The lowest BCUT2D eigenvalue weighted by Crippen LogP contribution is -2.65. The molecule has 4 N–H and O–H groups in total. The molecule has 7 unspecified atom stereocenters. The normalized spacial score (nSPS) is 40.9. The maximum absolute atomic E-state index is 13.5. The fourth-order valence-electron chi connectivity index (χ4n) is 7.87. The number of hydrogen-bond acceptors (Lipinski definition) is 7. The molecule has 0 aromatic carbocycles. The van der Waals surface area contributed by atoms with E-state index >= 15 is 0 Å². The summed E-state index contributed by atoms with van der Waals surface area (Å²) in [7, 11) is 0. The van der Waals surface area contributed by atoms with Crippen LogP contribution in [0.1, 0.15) is 105 Å². The summed E-state index contributed by atoms with van der Waals surface area (Å²) in [5, 5.41) is 12.2. The number of carbonyl (C=O) groups is 1. The van der Waals surface area contributed by atoms with Gasteiger partial charge in [-0.25, -0.2) is 0 Å². The van der Waals surface area contributed by atoms with Gasteiger partial charge in [0.25, 0.3) is 0 Å². The minimum atomic E-state index is 0.179. The van der Waals surface area contributed by atoms with Gasteiger partial charge in [-0.2, -0.15) is 0 Å². The summed E-state index contributed by atoms with van der Waals surface area (Å²) in [6.45, 7) is 16.0. The van der Waals surface area contributed by atoms with Crippen molar-refractivity contribution in [3.05, 3.63) is 0 Å². The first-order valence-corrected chi connectivity index (χ1v) is 16.7. The first-order valence-electron chi connectivity index (χ1n) is 15.8. The van der Waals surface area contributed by atoms with Crippen LogP contribution in [0.25, 0.3) is 0 Å². The molecule has 5 rings (SSSR count).